The van der Waals surface area contributed by atoms with Crippen molar-refractivity contribution in [2.24, 2.45) is 0 Å². The molecule has 2 heterocycles. The lowest BCUT2D eigenvalue weighted by molar-refractivity contribution is 0.723. The van der Waals surface area contributed by atoms with Crippen molar-refractivity contribution in [2.75, 3.05) is 0 Å². The number of rotatable bonds is 5. The van der Waals surface area contributed by atoms with Gasteiger partial charge in [0.05, 0.1) is 28.4 Å². The van der Waals surface area contributed by atoms with Gasteiger partial charge in [0.1, 0.15) is 0 Å². The van der Waals surface area contributed by atoms with Crippen LogP contribution in [0.5, 0.6) is 0 Å². The fourth-order valence-electron chi connectivity index (χ4n) is 8.93. The average molecular weight is 756 g/mol. The Balaban J connectivity index is 1.13. The van der Waals surface area contributed by atoms with Crippen LogP contribution in [0, 0.1) is 11.3 Å². The number of fused-ring (bicyclic) bond motifs is 9. The van der Waals surface area contributed by atoms with Crippen LogP contribution in [0.3, 0.4) is 0 Å². The van der Waals surface area contributed by atoms with Crippen LogP contribution in [-0.4, -0.2) is 9.97 Å². The molecule has 0 radical (unpaired) electrons. The molecule has 0 N–H and O–H groups in total. The van der Waals surface area contributed by atoms with Crippen LogP contribution < -0.4 is 0 Å². The first kappa shape index (κ1) is 34.0. The van der Waals surface area contributed by atoms with Gasteiger partial charge in [-0.2, -0.15) is 5.26 Å². The summed E-state index contributed by atoms with van der Waals surface area (Å²) in [6.45, 7) is 0. The van der Waals surface area contributed by atoms with Crippen molar-refractivity contribution in [2.45, 2.75) is 15.2 Å². The first-order valence-electron chi connectivity index (χ1n) is 19.4. The summed E-state index contributed by atoms with van der Waals surface area (Å²) in [5, 5.41) is 9.77. The summed E-state index contributed by atoms with van der Waals surface area (Å²) in [5.74, 6) is 0.688. The van der Waals surface area contributed by atoms with Crippen molar-refractivity contribution < 1.29 is 0 Å². The molecule has 0 saturated heterocycles. The van der Waals surface area contributed by atoms with E-state index in [9.17, 15) is 5.26 Å². The lowest BCUT2D eigenvalue weighted by Gasteiger charge is -2.40. The summed E-state index contributed by atoms with van der Waals surface area (Å²) >= 11 is 1.82. The van der Waals surface area contributed by atoms with Crippen LogP contribution in [0.4, 0.5) is 0 Å². The third kappa shape index (κ3) is 5.44. The normalized spacial score (nSPS) is 12.9. The number of hydrogen-bond acceptors (Lipinski definition) is 4. The summed E-state index contributed by atoms with van der Waals surface area (Å²) in [6.07, 6.45) is 0. The van der Waals surface area contributed by atoms with Gasteiger partial charge in [-0.1, -0.05) is 169 Å². The zero-order chi connectivity index (χ0) is 38.6. The number of hydrogen-bond donors (Lipinski definition) is 0. The maximum absolute atomic E-state index is 9.77. The maximum Gasteiger partial charge on any atom is 0.160 e. The second kappa shape index (κ2) is 13.7. The van der Waals surface area contributed by atoms with Gasteiger partial charge in [-0.15, -0.1) is 0 Å². The van der Waals surface area contributed by atoms with Crippen LogP contribution in [0.15, 0.2) is 210 Å². The summed E-state index contributed by atoms with van der Waals surface area (Å²) in [5.41, 5.74) is 16.8. The van der Waals surface area contributed by atoms with E-state index >= 15 is 0 Å². The Hall–Kier alpha value is -7.32. The molecule has 1 aliphatic carbocycles. The first-order chi connectivity index (χ1) is 28.7. The monoisotopic (exact) mass is 755 g/mol. The highest BCUT2D eigenvalue weighted by Gasteiger charge is 2.50. The molecule has 1 aliphatic heterocycles. The Bertz CT molecular complexity index is 3050. The Morgan fingerprint density at radius 2 is 0.862 bits per heavy atom. The van der Waals surface area contributed by atoms with Crippen molar-refractivity contribution in [3.63, 3.8) is 0 Å². The van der Waals surface area contributed by atoms with Crippen molar-refractivity contribution in [3.8, 4) is 73.4 Å². The highest BCUT2D eigenvalue weighted by molar-refractivity contribution is 7.99. The van der Waals surface area contributed by atoms with E-state index < -0.39 is 5.41 Å². The molecule has 8 aromatic carbocycles. The van der Waals surface area contributed by atoms with Gasteiger partial charge in [-0.25, -0.2) is 9.97 Å². The molecule has 2 aliphatic rings. The zero-order valence-corrected chi connectivity index (χ0v) is 32.1. The standard InChI is InChI=1S/C54H33N3S/c55-34-35-12-11-17-40(30-35)41-26-28-51-47(31-41)54(45-20-9-7-18-43(45)44-19-8-10-21-46(44)54)48-32-42(27-29-52(48)58-51)50-33-49(56-53(57-50)39-15-5-2-6-16-39)38-24-22-37(23-25-38)36-13-3-1-4-14-36/h1-33H. The van der Waals surface area contributed by atoms with E-state index in [4.69, 9.17) is 9.97 Å². The van der Waals surface area contributed by atoms with Gasteiger partial charge in [0.2, 0.25) is 0 Å². The third-order valence-corrected chi connectivity index (χ3v) is 12.8. The molecule has 1 spiro atoms. The van der Waals surface area contributed by atoms with E-state index in [0.717, 1.165) is 44.8 Å². The quantitative estimate of drug-likeness (QED) is 0.175. The molecular weight excluding hydrogens is 723 g/mol. The zero-order valence-electron chi connectivity index (χ0n) is 31.3. The number of nitriles is 1. The van der Waals surface area contributed by atoms with Crippen LogP contribution in [0.2, 0.25) is 0 Å². The van der Waals surface area contributed by atoms with Crippen LogP contribution in [0.25, 0.3) is 67.3 Å². The molecule has 4 heteroatoms. The number of aromatic nitrogens is 2. The molecular formula is C54H33N3S. The minimum atomic E-state index is -0.590. The van der Waals surface area contributed by atoms with Gasteiger partial charge >= 0.3 is 0 Å². The fraction of sp³-hybridized carbons (Fsp3) is 0.0185. The van der Waals surface area contributed by atoms with Crippen molar-refractivity contribution in [1.29, 1.82) is 5.26 Å². The minimum absolute atomic E-state index is 0.590. The van der Waals surface area contributed by atoms with Crippen molar-refractivity contribution in [3.05, 3.63) is 228 Å². The Labute approximate surface area is 342 Å². The SMILES string of the molecule is N#Cc1cccc(-c2ccc3c(c2)C2(c4cc(-c5cc(-c6ccc(-c7ccccc7)cc6)nc(-c6ccccc6)n5)ccc4S3)c3ccccc3-c3ccccc32)c1. The molecule has 9 aromatic rings. The largest absolute Gasteiger partial charge is 0.228 e. The minimum Gasteiger partial charge on any atom is -0.228 e. The predicted molar refractivity (Wildman–Crippen MR) is 235 cm³/mol. The fourth-order valence-corrected chi connectivity index (χ4v) is 10.1. The van der Waals surface area contributed by atoms with E-state index in [1.165, 1.54) is 48.7 Å². The van der Waals surface area contributed by atoms with Gasteiger partial charge in [0, 0.05) is 26.5 Å². The van der Waals surface area contributed by atoms with Gasteiger partial charge in [-0.3, -0.25) is 0 Å². The third-order valence-electron chi connectivity index (χ3n) is 11.6. The predicted octanol–water partition coefficient (Wildman–Crippen LogP) is 13.5. The second-order valence-corrected chi connectivity index (χ2v) is 15.9. The highest BCUT2D eigenvalue weighted by Crippen LogP contribution is 2.62. The Morgan fingerprint density at radius 1 is 0.379 bits per heavy atom. The maximum atomic E-state index is 9.77. The molecule has 0 atom stereocenters. The topological polar surface area (TPSA) is 49.6 Å². The van der Waals surface area contributed by atoms with Crippen LogP contribution >= 0.6 is 11.8 Å². The molecule has 0 fully saturated rings. The summed E-state index contributed by atoms with van der Waals surface area (Å²) < 4.78 is 0. The second-order valence-electron chi connectivity index (χ2n) is 14.8. The molecule has 58 heavy (non-hydrogen) atoms. The van der Waals surface area contributed by atoms with E-state index in [1.54, 1.807) is 0 Å². The molecule has 0 unspecified atom stereocenters. The summed E-state index contributed by atoms with van der Waals surface area (Å²) in [7, 11) is 0. The first-order valence-corrected chi connectivity index (χ1v) is 20.3. The van der Waals surface area contributed by atoms with Gasteiger partial charge in [0.25, 0.3) is 0 Å². The number of benzene rings is 8. The van der Waals surface area contributed by atoms with Gasteiger partial charge in [-0.05, 0) is 98.1 Å². The molecule has 1 aromatic heterocycles. The van der Waals surface area contributed by atoms with Gasteiger partial charge < -0.3 is 0 Å². The Kier molecular flexibility index (Phi) is 8.03. The van der Waals surface area contributed by atoms with E-state index in [0.29, 0.717) is 11.4 Å². The molecule has 11 rings (SSSR count). The van der Waals surface area contributed by atoms with Crippen molar-refractivity contribution in [1.82, 2.24) is 9.97 Å². The average Bonchev–Trinajstić information content (AvgIpc) is 3.60. The molecule has 0 saturated carbocycles. The lowest BCUT2D eigenvalue weighted by atomic mass is 9.66. The molecule has 270 valence electrons. The van der Waals surface area contributed by atoms with E-state index in [-0.39, 0.29) is 0 Å². The molecule has 0 amide bonds. The molecule has 3 nitrogen and oxygen atoms in total. The van der Waals surface area contributed by atoms with Crippen LogP contribution in [-0.2, 0) is 5.41 Å². The summed E-state index contributed by atoms with van der Waals surface area (Å²) in [6, 6.07) is 73.3. The smallest absolute Gasteiger partial charge is 0.160 e. The van der Waals surface area contributed by atoms with Crippen LogP contribution in [0.1, 0.15) is 27.8 Å². The number of nitrogens with zero attached hydrogens (tertiary/aromatic N) is 3. The van der Waals surface area contributed by atoms with Crippen molar-refractivity contribution >= 4 is 11.8 Å². The lowest BCUT2D eigenvalue weighted by Crippen LogP contribution is -2.32. The highest BCUT2D eigenvalue weighted by atomic mass is 32.2. The molecule has 0 bridgehead atoms. The Morgan fingerprint density at radius 3 is 1.52 bits per heavy atom. The van der Waals surface area contributed by atoms with Gasteiger partial charge in [0.15, 0.2) is 5.82 Å². The summed E-state index contributed by atoms with van der Waals surface area (Å²) in [4.78, 5) is 12.9. The van der Waals surface area contributed by atoms with E-state index in [1.807, 2.05) is 54.2 Å². The van der Waals surface area contributed by atoms with E-state index in [2.05, 4.69) is 164 Å².